The van der Waals surface area contributed by atoms with Crippen molar-refractivity contribution in [3.05, 3.63) is 0 Å². The Morgan fingerprint density at radius 1 is 1.15 bits per heavy atom. The minimum absolute atomic E-state index is 0.00785. The predicted octanol–water partition coefficient (Wildman–Crippen LogP) is 2.24. The number of hydrogen-bond acceptors (Lipinski definition) is 2. The van der Waals surface area contributed by atoms with E-state index in [0.717, 1.165) is 17.8 Å². The molecule has 0 saturated heterocycles. The fraction of sp³-hybridized carbons (Fsp3) is 0.938. The Hall–Kier alpha value is -0.770. The average molecular weight is 279 g/mol. The number of carbonyl (C=O) groups is 1. The third-order valence-corrected chi connectivity index (χ3v) is 5.70. The highest BCUT2D eigenvalue weighted by molar-refractivity contribution is 5.75. The molecule has 4 bridgehead atoms. The summed E-state index contributed by atoms with van der Waals surface area (Å²) < 4.78 is 0. The van der Waals surface area contributed by atoms with Crippen molar-refractivity contribution in [3.8, 4) is 0 Å². The van der Waals surface area contributed by atoms with Gasteiger partial charge in [0.25, 0.3) is 0 Å². The van der Waals surface area contributed by atoms with E-state index in [0.29, 0.717) is 13.1 Å². The molecule has 4 N–H and O–H groups in total. The van der Waals surface area contributed by atoms with E-state index in [9.17, 15) is 4.79 Å². The van der Waals surface area contributed by atoms with Crippen molar-refractivity contribution in [1.29, 1.82) is 0 Å². The van der Waals surface area contributed by atoms with Crippen LogP contribution >= 0.6 is 0 Å². The van der Waals surface area contributed by atoms with Gasteiger partial charge in [-0.1, -0.05) is 13.8 Å². The van der Waals surface area contributed by atoms with Crippen molar-refractivity contribution in [3.63, 3.8) is 0 Å². The highest BCUT2D eigenvalue weighted by Gasteiger charge is 2.51. The molecule has 0 radical (unpaired) electrons. The van der Waals surface area contributed by atoms with E-state index < -0.39 is 0 Å². The first kappa shape index (κ1) is 14.2. The van der Waals surface area contributed by atoms with E-state index in [4.69, 9.17) is 5.73 Å². The lowest BCUT2D eigenvalue weighted by Gasteiger charge is -2.56. The van der Waals surface area contributed by atoms with Gasteiger partial charge in [0.15, 0.2) is 0 Å². The van der Waals surface area contributed by atoms with E-state index in [2.05, 4.69) is 24.5 Å². The van der Waals surface area contributed by atoms with Crippen molar-refractivity contribution >= 4 is 6.03 Å². The fourth-order valence-corrected chi connectivity index (χ4v) is 4.94. The first-order valence-electron chi connectivity index (χ1n) is 8.16. The molecule has 2 amide bonds. The largest absolute Gasteiger partial charge is 0.338 e. The molecule has 4 nitrogen and oxygen atoms in total. The van der Waals surface area contributed by atoms with Crippen LogP contribution in [-0.2, 0) is 0 Å². The van der Waals surface area contributed by atoms with Crippen LogP contribution in [0, 0.1) is 23.2 Å². The fourth-order valence-electron chi connectivity index (χ4n) is 4.94. The Kier molecular flexibility index (Phi) is 3.47. The van der Waals surface area contributed by atoms with E-state index in [1.807, 2.05) is 0 Å². The summed E-state index contributed by atoms with van der Waals surface area (Å²) in [6.45, 7) is 5.39. The van der Waals surface area contributed by atoms with Gasteiger partial charge in [0.2, 0.25) is 0 Å². The van der Waals surface area contributed by atoms with Crippen molar-refractivity contribution in [2.45, 2.75) is 57.9 Å². The molecule has 20 heavy (non-hydrogen) atoms. The Balaban J connectivity index is 1.56. The van der Waals surface area contributed by atoms with E-state index in [1.54, 1.807) is 0 Å². The van der Waals surface area contributed by atoms with E-state index >= 15 is 0 Å². The molecular formula is C16H29N3O. The molecule has 0 aromatic carbocycles. The Morgan fingerprint density at radius 3 is 2.10 bits per heavy atom. The second-order valence-electron chi connectivity index (χ2n) is 8.37. The van der Waals surface area contributed by atoms with Crippen molar-refractivity contribution in [2.75, 3.05) is 13.1 Å². The Bertz CT molecular complexity index is 356. The van der Waals surface area contributed by atoms with Crippen LogP contribution in [0.15, 0.2) is 0 Å². The second kappa shape index (κ2) is 4.90. The smallest absolute Gasteiger partial charge is 0.315 e. The summed E-state index contributed by atoms with van der Waals surface area (Å²) in [6.07, 6.45) is 7.82. The highest BCUT2D eigenvalue weighted by atomic mass is 16.2. The zero-order chi connectivity index (χ0) is 14.4. The van der Waals surface area contributed by atoms with E-state index in [1.165, 1.54) is 38.5 Å². The molecule has 4 saturated carbocycles. The van der Waals surface area contributed by atoms with Crippen LogP contribution < -0.4 is 16.4 Å². The maximum Gasteiger partial charge on any atom is 0.315 e. The lowest BCUT2D eigenvalue weighted by molar-refractivity contribution is -0.0136. The molecule has 114 valence electrons. The van der Waals surface area contributed by atoms with Gasteiger partial charge < -0.3 is 16.4 Å². The summed E-state index contributed by atoms with van der Waals surface area (Å²) in [5.74, 6) is 2.59. The Morgan fingerprint density at radius 2 is 1.65 bits per heavy atom. The van der Waals surface area contributed by atoms with Gasteiger partial charge in [-0.3, -0.25) is 0 Å². The first-order chi connectivity index (χ1) is 9.40. The molecule has 4 aliphatic rings. The number of urea groups is 1. The maximum atomic E-state index is 12.2. The van der Waals surface area contributed by atoms with E-state index in [-0.39, 0.29) is 17.0 Å². The minimum Gasteiger partial charge on any atom is -0.338 e. The summed E-state index contributed by atoms with van der Waals surface area (Å²) in [4.78, 5) is 12.2. The molecule has 4 aliphatic carbocycles. The van der Waals surface area contributed by atoms with Crippen molar-refractivity contribution in [2.24, 2.45) is 28.9 Å². The molecule has 4 heteroatoms. The summed E-state index contributed by atoms with van der Waals surface area (Å²) in [7, 11) is 0. The molecule has 0 heterocycles. The standard InChI is InChI=1S/C16H29N3O/c1-15(2,9-17)10-18-14(20)19-16-6-11-3-12(7-16)5-13(4-11)8-16/h11-13H,3-10,17H2,1-2H3,(H2,18,19,20). The highest BCUT2D eigenvalue weighted by Crippen LogP contribution is 2.55. The van der Waals surface area contributed by atoms with Gasteiger partial charge in [-0.25, -0.2) is 4.79 Å². The lowest BCUT2D eigenvalue weighted by Crippen LogP contribution is -2.61. The molecule has 4 fully saturated rings. The summed E-state index contributed by atoms with van der Waals surface area (Å²) in [6, 6.07) is 0.00785. The van der Waals surface area contributed by atoms with Crippen molar-refractivity contribution < 1.29 is 4.79 Å². The maximum absolute atomic E-state index is 12.2. The van der Waals surface area contributed by atoms with Crippen LogP contribution in [0.1, 0.15) is 52.4 Å². The Labute approximate surface area is 122 Å². The van der Waals surface area contributed by atoms with Gasteiger partial charge in [0, 0.05) is 12.1 Å². The zero-order valence-electron chi connectivity index (χ0n) is 12.9. The molecule has 4 rings (SSSR count). The van der Waals surface area contributed by atoms with Gasteiger partial charge >= 0.3 is 6.03 Å². The van der Waals surface area contributed by atoms with Gasteiger partial charge in [0.05, 0.1) is 0 Å². The number of carbonyl (C=O) groups excluding carboxylic acids is 1. The van der Waals surface area contributed by atoms with Gasteiger partial charge in [0.1, 0.15) is 0 Å². The number of rotatable bonds is 4. The van der Waals surface area contributed by atoms with Gasteiger partial charge in [-0.2, -0.15) is 0 Å². The first-order valence-corrected chi connectivity index (χ1v) is 8.16. The zero-order valence-corrected chi connectivity index (χ0v) is 12.9. The molecule has 0 unspecified atom stereocenters. The number of amides is 2. The molecule has 0 aromatic heterocycles. The lowest BCUT2D eigenvalue weighted by atomic mass is 9.53. The summed E-state index contributed by atoms with van der Waals surface area (Å²) in [5, 5.41) is 6.35. The van der Waals surface area contributed by atoms with Crippen LogP contribution in [0.25, 0.3) is 0 Å². The van der Waals surface area contributed by atoms with Crippen LogP contribution in [-0.4, -0.2) is 24.7 Å². The second-order valence-corrected chi connectivity index (χ2v) is 8.37. The third-order valence-electron chi connectivity index (χ3n) is 5.70. The number of nitrogens with one attached hydrogen (secondary N) is 2. The monoisotopic (exact) mass is 279 g/mol. The minimum atomic E-state index is -0.0290. The third kappa shape index (κ3) is 2.80. The molecule has 0 aliphatic heterocycles. The van der Waals surface area contributed by atoms with Gasteiger partial charge in [-0.15, -0.1) is 0 Å². The van der Waals surface area contributed by atoms with Crippen LogP contribution in [0.4, 0.5) is 4.79 Å². The average Bonchev–Trinajstić information content (AvgIpc) is 2.34. The summed E-state index contributed by atoms with van der Waals surface area (Å²) >= 11 is 0. The number of hydrogen-bond donors (Lipinski definition) is 3. The molecular weight excluding hydrogens is 250 g/mol. The molecule has 0 spiro atoms. The quantitative estimate of drug-likeness (QED) is 0.739. The SMILES string of the molecule is CC(C)(CN)CNC(=O)NC12CC3CC(CC(C3)C1)C2. The van der Waals surface area contributed by atoms with Crippen LogP contribution in [0.3, 0.4) is 0 Å². The van der Waals surface area contributed by atoms with Crippen LogP contribution in [0.2, 0.25) is 0 Å². The summed E-state index contributed by atoms with van der Waals surface area (Å²) in [5.41, 5.74) is 5.78. The topological polar surface area (TPSA) is 67.1 Å². The number of nitrogens with two attached hydrogens (primary N) is 1. The van der Waals surface area contributed by atoms with Crippen LogP contribution in [0.5, 0.6) is 0 Å². The molecule has 0 aromatic rings. The molecule has 0 atom stereocenters. The van der Waals surface area contributed by atoms with Gasteiger partial charge in [-0.05, 0) is 68.2 Å². The normalized spacial score (nSPS) is 38.9. The predicted molar refractivity (Wildman–Crippen MR) is 80.3 cm³/mol. The van der Waals surface area contributed by atoms with Crippen molar-refractivity contribution in [1.82, 2.24) is 10.6 Å².